The fourth-order valence-corrected chi connectivity index (χ4v) is 1.68. The van der Waals surface area contributed by atoms with E-state index in [0.717, 1.165) is 11.3 Å². The first-order valence-electron chi connectivity index (χ1n) is 4.03. The van der Waals surface area contributed by atoms with Crippen LogP contribution in [0.4, 0.5) is 0 Å². The standard InChI is InChI=1S/C11H10S/c12-11-8-4-2-6-9-5-1-3-7-10(9)11/h1,3-8,12H,2H2. The van der Waals surface area contributed by atoms with E-state index in [9.17, 15) is 0 Å². The van der Waals surface area contributed by atoms with Crippen molar-refractivity contribution in [2.45, 2.75) is 6.42 Å². The zero-order valence-electron chi connectivity index (χ0n) is 6.70. The molecule has 1 heteroatoms. The summed E-state index contributed by atoms with van der Waals surface area (Å²) in [4.78, 5) is 1.05. The molecule has 0 nitrogen and oxygen atoms in total. The predicted octanol–water partition coefficient (Wildman–Crippen LogP) is 1.47. The van der Waals surface area contributed by atoms with Crippen LogP contribution in [0.3, 0.4) is 0 Å². The fourth-order valence-electron chi connectivity index (χ4n) is 1.37. The Morgan fingerprint density at radius 2 is 2.00 bits per heavy atom. The Morgan fingerprint density at radius 1 is 1.17 bits per heavy atom. The van der Waals surface area contributed by atoms with E-state index in [0.29, 0.717) is 0 Å². The summed E-state index contributed by atoms with van der Waals surface area (Å²) in [5.74, 6) is 0. The van der Waals surface area contributed by atoms with Gasteiger partial charge in [-0.1, -0.05) is 42.5 Å². The highest BCUT2D eigenvalue weighted by Crippen LogP contribution is 2.03. The van der Waals surface area contributed by atoms with Gasteiger partial charge >= 0.3 is 0 Å². The molecule has 0 spiro atoms. The molecule has 0 aromatic heterocycles. The number of hydrogen-bond donors (Lipinski definition) is 1. The van der Waals surface area contributed by atoms with E-state index in [1.807, 2.05) is 6.07 Å². The number of benzene rings is 1. The number of hydrogen-bond acceptors (Lipinski definition) is 1. The number of thiol groups is 1. The minimum absolute atomic E-state index is 1.00. The van der Waals surface area contributed by atoms with Crippen molar-refractivity contribution in [1.82, 2.24) is 0 Å². The lowest BCUT2D eigenvalue weighted by Crippen LogP contribution is -2.24. The summed E-state index contributed by atoms with van der Waals surface area (Å²) in [5, 5.41) is 2.52. The van der Waals surface area contributed by atoms with Crippen molar-refractivity contribution in [2.24, 2.45) is 0 Å². The SMILES string of the molecule is SC1=c2ccccc2=CCC=C1. The first-order chi connectivity index (χ1) is 5.88. The second kappa shape index (κ2) is 3.20. The van der Waals surface area contributed by atoms with Gasteiger partial charge in [0.2, 0.25) is 0 Å². The van der Waals surface area contributed by atoms with Crippen molar-refractivity contribution in [3.8, 4) is 0 Å². The number of rotatable bonds is 0. The summed E-state index contributed by atoms with van der Waals surface area (Å²) in [6.07, 6.45) is 7.41. The molecule has 1 aromatic carbocycles. The molecule has 12 heavy (non-hydrogen) atoms. The first-order valence-corrected chi connectivity index (χ1v) is 4.48. The van der Waals surface area contributed by atoms with Crippen molar-refractivity contribution < 1.29 is 0 Å². The highest BCUT2D eigenvalue weighted by atomic mass is 32.1. The van der Waals surface area contributed by atoms with E-state index >= 15 is 0 Å². The van der Waals surface area contributed by atoms with Crippen molar-refractivity contribution in [2.75, 3.05) is 0 Å². The average molecular weight is 174 g/mol. The van der Waals surface area contributed by atoms with Crippen molar-refractivity contribution >= 4 is 23.6 Å². The zero-order valence-corrected chi connectivity index (χ0v) is 7.59. The van der Waals surface area contributed by atoms with Crippen LogP contribution in [0.25, 0.3) is 11.0 Å². The maximum Gasteiger partial charge on any atom is 0.0115 e. The monoisotopic (exact) mass is 174 g/mol. The van der Waals surface area contributed by atoms with Crippen LogP contribution in [0.2, 0.25) is 0 Å². The lowest BCUT2D eigenvalue weighted by molar-refractivity contribution is 1.45. The molecule has 0 N–H and O–H groups in total. The van der Waals surface area contributed by atoms with E-state index in [1.54, 1.807) is 0 Å². The molecule has 0 heterocycles. The topological polar surface area (TPSA) is 0 Å². The minimum atomic E-state index is 1.00. The molecule has 60 valence electrons. The zero-order chi connectivity index (χ0) is 8.39. The molecule has 0 aliphatic heterocycles. The summed E-state index contributed by atoms with van der Waals surface area (Å²) in [7, 11) is 0. The van der Waals surface area contributed by atoms with E-state index in [-0.39, 0.29) is 0 Å². The van der Waals surface area contributed by atoms with Crippen LogP contribution in [0.5, 0.6) is 0 Å². The van der Waals surface area contributed by atoms with Crippen LogP contribution in [0.15, 0.2) is 36.4 Å². The van der Waals surface area contributed by atoms with E-state index in [1.165, 1.54) is 10.4 Å². The van der Waals surface area contributed by atoms with E-state index in [2.05, 4.69) is 49.1 Å². The lowest BCUT2D eigenvalue weighted by atomic mass is 10.2. The molecule has 0 bridgehead atoms. The molecule has 0 radical (unpaired) electrons. The Kier molecular flexibility index (Phi) is 2.05. The van der Waals surface area contributed by atoms with Crippen LogP contribution < -0.4 is 10.4 Å². The van der Waals surface area contributed by atoms with Gasteiger partial charge in [0.25, 0.3) is 0 Å². The lowest BCUT2D eigenvalue weighted by Gasteiger charge is -1.90. The molecule has 0 fully saturated rings. The van der Waals surface area contributed by atoms with Crippen LogP contribution in [0.1, 0.15) is 6.42 Å². The largest absolute Gasteiger partial charge is 0.143 e. The van der Waals surface area contributed by atoms with Gasteiger partial charge in [-0.15, -0.1) is 12.6 Å². The molecular weight excluding hydrogens is 164 g/mol. The molecular formula is C11H10S. The smallest absolute Gasteiger partial charge is 0.0115 e. The summed E-state index contributed by atoms with van der Waals surface area (Å²) >= 11 is 4.42. The van der Waals surface area contributed by atoms with Gasteiger partial charge in [-0.2, -0.15) is 0 Å². The second-order valence-corrected chi connectivity index (χ2v) is 3.30. The normalized spacial score (nSPS) is 14.9. The summed E-state index contributed by atoms with van der Waals surface area (Å²) in [6, 6.07) is 8.33. The Labute approximate surface area is 77.3 Å². The minimum Gasteiger partial charge on any atom is -0.143 e. The molecule has 1 aromatic rings. The Balaban J connectivity index is 2.89. The molecule has 0 unspecified atom stereocenters. The number of allylic oxidation sites excluding steroid dienone is 1. The molecule has 1 aliphatic carbocycles. The van der Waals surface area contributed by atoms with Gasteiger partial charge in [-0.3, -0.25) is 0 Å². The van der Waals surface area contributed by atoms with Crippen molar-refractivity contribution in [3.05, 3.63) is 46.9 Å². The van der Waals surface area contributed by atoms with Crippen molar-refractivity contribution in [1.29, 1.82) is 0 Å². The third-order valence-electron chi connectivity index (χ3n) is 1.99. The molecule has 0 saturated carbocycles. The molecule has 0 saturated heterocycles. The van der Waals surface area contributed by atoms with Gasteiger partial charge in [0.1, 0.15) is 0 Å². The Bertz CT molecular complexity index is 427. The van der Waals surface area contributed by atoms with Gasteiger partial charge in [-0.05, 0) is 16.9 Å². The highest BCUT2D eigenvalue weighted by molar-refractivity contribution is 7.90. The maximum atomic E-state index is 4.42. The van der Waals surface area contributed by atoms with Crippen LogP contribution in [-0.2, 0) is 0 Å². The molecule has 2 rings (SSSR count). The Morgan fingerprint density at radius 3 is 2.92 bits per heavy atom. The molecule has 0 amide bonds. The maximum absolute atomic E-state index is 4.42. The van der Waals surface area contributed by atoms with Gasteiger partial charge in [0, 0.05) is 4.91 Å². The van der Waals surface area contributed by atoms with Crippen LogP contribution in [0, 0.1) is 0 Å². The quantitative estimate of drug-likeness (QED) is 0.566. The molecule has 0 atom stereocenters. The van der Waals surface area contributed by atoms with Gasteiger partial charge in [-0.25, -0.2) is 0 Å². The third-order valence-corrected chi connectivity index (χ3v) is 2.38. The van der Waals surface area contributed by atoms with Crippen LogP contribution in [-0.4, -0.2) is 0 Å². The summed E-state index contributed by atoms with van der Waals surface area (Å²) < 4.78 is 0. The molecule has 1 aliphatic rings. The van der Waals surface area contributed by atoms with Gasteiger partial charge in [0.05, 0.1) is 0 Å². The third kappa shape index (κ3) is 1.32. The van der Waals surface area contributed by atoms with Gasteiger partial charge in [0.15, 0.2) is 0 Å². The summed E-state index contributed by atoms with van der Waals surface area (Å²) in [6.45, 7) is 0. The first kappa shape index (κ1) is 7.69. The fraction of sp³-hybridized carbons (Fsp3) is 0.0909. The van der Waals surface area contributed by atoms with Crippen LogP contribution >= 0.6 is 12.6 Å². The summed E-state index contributed by atoms with van der Waals surface area (Å²) in [5.41, 5.74) is 0. The Hall–Kier alpha value is -0.950. The van der Waals surface area contributed by atoms with Crippen molar-refractivity contribution in [3.63, 3.8) is 0 Å². The van der Waals surface area contributed by atoms with E-state index < -0.39 is 0 Å². The predicted molar refractivity (Wildman–Crippen MR) is 56.3 cm³/mol. The van der Waals surface area contributed by atoms with E-state index in [4.69, 9.17) is 0 Å². The average Bonchev–Trinajstić information content (AvgIpc) is 2.29. The van der Waals surface area contributed by atoms with Gasteiger partial charge < -0.3 is 0 Å². The second-order valence-electron chi connectivity index (χ2n) is 2.81. The number of fused-ring (bicyclic) bond motifs is 1. The highest BCUT2D eigenvalue weighted by Gasteiger charge is 1.91.